The van der Waals surface area contributed by atoms with Crippen LogP contribution in [-0.4, -0.2) is 14.6 Å². The highest BCUT2D eigenvalue weighted by Crippen LogP contribution is 2.23. The van der Waals surface area contributed by atoms with Gasteiger partial charge in [0.15, 0.2) is 0 Å². The minimum atomic E-state index is -3.48. The van der Waals surface area contributed by atoms with Crippen LogP contribution in [0.3, 0.4) is 0 Å². The van der Waals surface area contributed by atoms with Gasteiger partial charge in [-0.1, -0.05) is 29.8 Å². The number of sulfone groups is 1. The van der Waals surface area contributed by atoms with Gasteiger partial charge in [-0.3, -0.25) is 5.43 Å². The second kappa shape index (κ2) is 7.66. The van der Waals surface area contributed by atoms with E-state index in [4.69, 9.17) is 0 Å². The number of hydrazone groups is 1. The molecule has 4 nitrogen and oxygen atoms in total. The van der Waals surface area contributed by atoms with Crippen molar-refractivity contribution in [2.75, 3.05) is 5.43 Å². The molecule has 1 aliphatic rings. The van der Waals surface area contributed by atoms with E-state index in [1.165, 1.54) is 0 Å². The predicted octanol–water partition coefficient (Wildman–Crippen LogP) is 4.58. The average molecular weight is 354 g/mol. The van der Waals surface area contributed by atoms with Crippen molar-refractivity contribution in [3.63, 3.8) is 0 Å². The highest BCUT2D eigenvalue weighted by atomic mass is 32.2. The Morgan fingerprint density at radius 1 is 1.00 bits per heavy atom. The van der Waals surface area contributed by atoms with Gasteiger partial charge in [-0.25, -0.2) is 8.42 Å². The van der Waals surface area contributed by atoms with Crippen LogP contribution in [0.4, 0.5) is 5.69 Å². The molecule has 130 valence electrons. The standard InChI is InChI=1S/C20H22N2O2S/c1-16-7-11-19(12-8-16)25(23,24)20-13-9-18(10-14-20)22-21-15-17-5-3-2-4-6-17/h2-3,7-15,17,22H,4-6H2,1H3/b21-15-/t17-/m1/s1. The number of rotatable bonds is 5. The molecule has 0 heterocycles. The number of hydrogen-bond donors (Lipinski definition) is 1. The molecule has 2 aromatic carbocycles. The molecule has 0 aliphatic heterocycles. The lowest BCUT2D eigenvalue weighted by molar-refractivity contribution is 0.596. The predicted molar refractivity (Wildman–Crippen MR) is 102 cm³/mol. The monoisotopic (exact) mass is 354 g/mol. The molecule has 1 atom stereocenters. The second-order valence-corrected chi connectivity index (χ2v) is 8.23. The summed E-state index contributed by atoms with van der Waals surface area (Å²) in [4.78, 5) is 0.588. The van der Waals surface area contributed by atoms with Crippen LogP contribution in [0.5, 0.6) is 0 Å². The fourth-order valence-electron chi connectivity index (χ4n) is 2.73. The molecule has 5 heteroatoms. The van der Waals surface area contributed by atoms with E-state index < -0.39 is 9.84 Å². The molecule has 0 bridgehead atoms. The van der Waals surface area contributed by atoms with Crippen LogP contribution < -0.4 is 5.43 Å². The number of nitrogens with one attached hydrogen (secondary N) is 1. The van der Waals surface area contributed by atoms with E-state index in [2.05, 4.69) is 22.7 Å². The summed E-state index contributed by atoms with van der Waals surface area (Å²) in [6.07, 6.45) is 9.56. The maximum Gasteiger partial charge on any atom is 0.206 e. The fourth-order valence-corrected chi connectivity index (χ4v) is 3.99. The largest absolute Gasteiger partial charge is 0.279 e. The van der Waals surface area contributed by atoms with Crippen molar-refractivity contribution >= 4 is 21.7 Å². The maximum atomic E-state index is 12.6. The van der Waals surface area contributed by atoms with E-state index in [0.717, 1.165) is 30.5 Å². The van der Waals surface area contributed by atoms with Gasteiger partial charge >= 0.3 is 0 Å². The molecule has 3 rings (SSSR count). The molecule has 0 saturated carbocycles. The summed E-state index contributed by atoms with van der Waals surface area (Å²) < 4.78 is 25.2. The fraction of sp³-hybridized carbons (Fsp3) is 0.250. The Balaban J connectivity index is 1.68. The second-order valence-electron chi connectivity index (χ2n) is 6.28. The van der Waals surface area contributed by atoms with Gasteiger partial charge in [0, 0.05) is 6.21 Å². The molecule has 0 amide bonds. The first kappa shape index (κ1) is 17.4. The first-order valence-corrected chi connectivity index (χ1v) is 9.90. The molecule has 0 fully saturated rings. The van der Waals surface area contributed by atoms with Gasteiger partial charge in [-0.05, 0) is 68.5 Å². The van der Waals surface area contributed by atoms with Crippen molar-refractivity contribution in [2.45, 2.75) is 36.0 Å². The lowest BCUT2D eigenvalue weighted by Gasteiger charge is -2.12. The Morgan fingerprint density at radius 3 is 2.24 bits per heavy atom. The topological polar surface area (TPSA) is 58.5 Å². The molecule has 1 N–H and O–H groups in total. The minimum absolute atomic E-state index is 0.281. The van der Waals surface area contributed by atoms with Crippen molar-refractivity contribution in [2.24, 2.45) is 11.0 Å². The lowest BCUT2D eigenvalue weighted by Crippen LogP contribution is -2.05. The number of nitrogens with zero attached hydrogens (tertiary/aromatic N) is 1. The van der Waals surface area contributed by atoms with Crippen molar-refractivity contribution in [1.29, 1.82) is 0 Å². The smallest absolute Gasteiger partial charge is 0.206 e. The van der Waals surface area contributed by atoms with E-state index in [-0.39, 0.29) is 4.90 Å². The summed E-state index contributed by atoms with van der Waals surface area (Å²) in [7, 11) is -3.48. The van der Waals surface area contributed by atoms with E-state index in [0.29, 0.717) is 10.8 Å². The van der Waals surface area contributed by atoms with Gasteiger partial charge in [-0.2, -0.15) is 5.10 Å². The summed E-state index contributed by atoms with van der Waals surface area (Å²) in [5, 5.41) is 4.27. The van der Waals surface area contributed by atoms with Gasteiger partial charge < -0.3 is 0 Å². The Morgan fingerprint density at radius 2 is 1.64 bits per heavy atom. The van der Waals surface area contributed by atoms with Gasteiger partial charge in [0.1, 0.15) is 0 Å². The van der Waals surface area contributed by atoms with Crippen molar-refractivity contribution < 1.29 is 8.42 Å². The molecule has 0 aromatic heterocycles. The SMILES string of the molecule is Cc1ccc(S(=O)(=O)c2ccc(N/N=C\[C@@H]3CC=CCC3)cc2)cc1. The quantitative estimate of drug-likeness (QED) is 0.486. The van der Waals surface area contributed by atoms with Crippen LogP contribution in [-0.2, 0) is 9.84 Å². The third-order valence-electron chi connectivity index (χ3n) is 4.28. The summed E-state index contributed by atoms with van der Waals surface area (Å²) >= 11 is 0. The van der Waals surface area contributed by atoms with Gasteiger partial charge in [-0.15, -0.1) is 0 Å². The number of anilines is 1. The Labute approximate surface area is 149 Å². The van der Waals surface area contributed by atoms with E-state index in [1.54, 1.807) is 48.5 Å². The number of aryl methyl sites for hydroxylation is 1. The molecular weight excluding hydrogens is 332 g/mol. The molecule has 0 radical (unpaired) electrons. The van der Waals surface area contributed by atoms with Crippen LogP contribution in [0, 0.1) is 12.8 Å². The van der Waals surface area contributed by atoms with Crippen LogP contribution >= 0.6 is 0 Å². The number of hydrogen-bond acceptors (Lipinski definition) is 4. The Kier molecular flexibility index (Phi) is 5.34. The van der Waals surface area contributed by atoms with Crippen LogP contribution in [0.1, 0.15) is 24.8 Å². The van der Waals surface area contributed by atoms with Gasteiger partial charge in [0.2, 0.25) is 9.84 Å². The van der Waals surface area contributed by atoms with E-state index in [1.807, 2.05) is 13.1 Å². The molecule has 2 aromatic rings. The molecule has 25 heavy (non-hydrogen) atoms. The highest BCUT2D eigenvalue weighted by Gasteiger charge is 2.17. The Hall–Kier alpha value is -2.40. The van der Waals surface area contributed by atoms with Crippen LogP contribution in [0.2, 0.25) is 0 Å². The van der Waals surface area contributed by atoms with E-state index in [9.17, 15) is 8.42 Å². The molecule has 0 unspecified atom stereocenters. The molecule has 0 saturated heterocycles. The zero-order valence-electron chi connectivity index (χ0n) is 14.2. The summed E-state index contributed by atoms with van der Waals surface area (Å²) in [6, 6.07) is 13.6. The third kappa shape index (κ3) is 4.37. The summed E-state index contributed by atoms with van der Waals surface area (Å²) in [6.45, 7) is 1.93. The van der Waals surface area contributed by atoms with Crippen LogP contribution in [0.15, 0.2) is 75.6 Å². The van der Waals surface area contributed by atoms with E-state index >= 15 is 0 Å². The molecular formula is C20H22N2O2S. The third-order valence-corrected chi connectivity index (χ3v) is 6.07. The van der Waals surface area contributed by atoms with Gasteiger partial charge in [0.25, 0.3) is 0 Å². The maximum absolute atomic E-state index is 12.6. The zero-order valence-corrected chi connectivity index (χ0v) is 15.0. The van der Waals surface area contributed by atoms with Crippen molar-refractivity contribution in [3.05, 3.63) is 66.2 Å². The molecule has 1 aliphatic carbocycles. The van der Waals surface area contributed by atoms with Crippen molar-refractivity contribution in [3.8, 4) is 0 Å². The lowest BCUT2D eigenvalue weighted by atomic mass is 9.96. The normalized spacial score (nSPS) is 17.7. The first-order chi connectivity index (χ1) is 12.1. The first-order valence-electron chi connectivity index (χ1n) is 8.42. The Bertz CT molecular complexity index is 867. The molecule has 0 spiro atoms. The highest BCUT2D eigenvalue weighted by molar-refractivity contribution is 7.91. The van der Waals surface area contributed by atoms with Gasteiger partial charge in [0.05, 0.1) is 15.5 Å². The minimum Gasteiger partial charge on any atom is -0.279 e. The summed E-state index contributed by atoms with van der Waals surface area (Å²) in [5.74, 6) is 0.471. The number of benzene rings is 2. The summed E-state index contributed by atoms with van der Waals surface area (Å²) in [5.41, 5.74) is 4.77. The average Bonchev–Trinajstić information content (AvgIpc) is 2.63. The zero-order chi connectivity index (χ0) is 17.7. The number of allylic oxidation sites excluding steroid dienone is 2. The van der Waals surface area contributed by atoms with Crippen LogP contribution in [0.25, 0.3) is 0 Å². The van der Waals surface area contributed by atoms with Crippen molar-refractivity contribution in [1.82, 2.24) is 0 Å².